The molecule has 2 bridgehead atoms. The van der Waals surface area contributed by atoms with E-state index in [1.807, 2.05) is 0 Å². The number of hydrogen-bond donors (Lipinski definition) is 1. The first kappa shape index (κ1) is 11.7. The van der Waals surface area contributed by atoms with E-state index in [2.05, 4.69) is 23.5 Å². The average molecular weight is 255 g/mol. The highest BCUT2D eigenvalue weighted by Crippen LogP contribution is 2.49. The zero-order valence-corrected chi connectivity index (χ0v) is 11.3. The highest BCUT2D eigenvalue weighted by molar-refractivity contribution is 6.00. The van der Waals surface area contributed by atoms with Gasteiger partial charge in [0.1, 0.15) is 0 Å². The van der Waals surface area contributed by atoms with E-state index < -0.39 is 0 Å². The summed E-state index contributed by atoms with van der Waals surface area (Å²) in [7, 11) is 0. The number of hydrogen-bond acceptors (Lipinski definition) is 2. The van der Waals surface area contributed by atoms with Crippen LogP contribution in [0.25, 0.3) is 0 Å². The Bertz CT molecular complexity index is 522. The Morgan fingerprint density at radius 3 is 2.95 bits per heavy atom. The fourth-order valence-corrected chi connectivity index (χ4v) is 4.53. The lowest BCUT2D eigenvalue weighted by molar-refractivity contribution is 0.0873. The van der Waals surface area contributed by atoms with Crippen molar-refractivity contribution in [3.8, 4) is 0 Å². The molecule has 0 spiro atoms. The second kappa shape index (κ2) is 4.45. The number of carbonyl (C=O) groups excluding carboxylic acids is 1. The van der Waals surface area contributed by atoms with Gasteiger partial charge in [-0.05, 0) is 55.2 Å². The molecule has 2 fully saturated rings. The number of Topliss-reactive ketones (excluding diaryl/α,β-unsaturated/α-hetero) is 1. The predicted molar refractivity (Wildman–Crippen MR) is 75.1 cm³/mol. The van der Waals surface area contributed by atoms with Crippen molar-refractivity contribution in [2.75, 3.05) is 6.54 Å². The molecule has 3 atom stereocenters. The number of nitrogens with one attached hydrogen (secondary N) is 1. The summed E-state index contributed by atoms with van der Waals surface area (Å²) in [4.78, 5) is 12.9. The maximum atomic E-state index is 12.9. The average Bonchev–Trinajstić information content (AvgIpc) is 3.08. The van der Waals surface area contributed by atoms with Gasteiger partial charge < -0.3 is 5.32 Å². The third-order valence-electron chi connectivity index (χ3n) is 5.48. The molecule has 0 amide bonds. The van der Waals surface area contributed by atoms with Crippen LogP contribution in [0.2, 0.25) is 0 Å². The van der Waals surface area contributed by atoms with Gasteiger partial charge in [0.05, 0.1) is 0 Å². The second-order valence-electron chi connectivity index (χ2n) is 6.52. The monoisotopic (exact) mass is 255 g/mol. The van der Waals surface area contributed by atoms with Gasteiger partial charge in [-0.2, -0.15) is 0 Å². The van der Waals surface area contributed by atoms with E-state index in [0.29, 0.717) is 17.6 Å². The standard InChI is InChI=1S/C17H21NO/c19-17(16-9-11-4-5-12(16)8-11)15-3-1-2-13-10-18-7-6-14(13)15/h1-3,11-12,16,18H,4-10H2. The summed E-state index contributed by atoms with van der Waals surface area (Å²) < 4.78 is 0. The van der Waals surface area contributed by atoms with Crippen molar-refractivity contribution in [1.82, 2.24) is 5.32 Å². The molecule has 2 aliphatic carbocycles. The Kier molecular flexibility index (Phi) is 2.73. The van der Waals surface area contributed by atoms with Crippen LogP contribution in [0.15, 0.2) is 18.2 Å². The van der Waals surface area contributed by atoms with Crippen molar-refractivity contribution in [2.24, 2.45) is 17.8 Å². The lowest BCUT2D eigenvalue weighted by atomic mass is 9.81. The van der Waals surface area contributed by atoms with E-state index in [9.17, 15) is 4.79 Å². The van der Waals surface area contributed by atoms with Gasteiger partial charge >= 0.3 is 0 Å². The minimum Gasteiger partial charge on any atom is -0.312 e. The maximum Gasteiger partial charge on any atom is 0.166 e. The minimum absolute atomic E-state index is 0.333. The van der Waals surface area contributed by atoms with Gasteiger partial charge in [0, 0.05) is 18.0 Å². The van der Waals surface area contributed by atoms with Gasteiger partial charge in [0.25, 0.3) is 0 Å². The van der Waals surface area contributed by atoms with E-state index >= 15 is 0 Å². The first-order valence-electron chi connectivity index (χ1n) is 7.68. The molecule has 3 unspecified atom stereocenters. The largest absolute Gasteiger partial charge is 0.312 e. The van der Waals surface area contributed by atoms with Crippen LogP contribution in [-0.4, -0.2) is 12.3 Å². The highest BCUT2D eigenvalue weighted by atomic mass is 16.1. The molecule has 2 saturated carbocycles. The SMILES string of the molecule is O=C(c1cccc2c1CCNC2)C1CC2CCC1C2. The number of carbonyl (C=O) groups is 1. The third kappa shape index (κ3) is 1.85. The van der Waals surface area contributed by atoms with Gasteiger partial charge in [0.15, 0.2) is 5.78 Å². The molecular formula is C17H21NO. The summed E-state index contributed by atoms with van der Waals surface area (Å²) in [6, 6.07) is 6.30. The Labute approximate surface area is 114 Å². The van der Waals surface area contributed by atoms with E-state index in [1.165, 1.54) is 30.4 Å². The Morgan fingerprint density at radius 1 is 1.21 bits per heavy atom. The second-order valence-corrected chi connectivity index (χ2v) is 6.52. The van der Waals surface area contributed by atoms with Crippen LogP contribution in [-0.2, 0) is 13.0 Å². The summed E-state index contributed by atoms with van der Waals surface area (Å²) in [5.74, 6) is 2.32. The van der Waals surface area contributed by atoms with Gasteiger partial charge in [-0.15, -0.1) is 0 Å². The molecule has 0 aromatic heterocycles. The lowest BCUT2D eigenvalue weighted by Crippen LogP contribution is -2.28. The molecule has 1 aromatic rings. The Hall–Kier alpha value is -1.15. The molecule has 4 rings (SSSR count). The highest BCUT2D eigenvalue weighted by Gasteiger charge is 2.43. The maximum absolute atomic E-state index is 12.9. The molecule has 2 nitrogen and oxygen atoms in total. The molecule has 0 radical (unpaired) electrons. The van der Waals surface area contributed by atoms with E-state index in [4.69, 9.17) is 0 Å². The van der Waals surface area contributed by atoms with Crippen molar-refractivity contribution >= 4 is 5.78 Å². The molecule has 0 saturated heterocycles. The number of fused-ring (bicyclic) bond motifs is 3. The minimum atomic E-state index is 0.333. The van der Waals surface area contributed by atoms with Crippen molar-refractivity contribution in [1.29, 1.82) is 0 Å². The van der Waals surface area contributed by atoms with Crippen molar-refractivity contribution in [3.63, 3.8) is 0 Å². The Balaban J connectivity index is 1.67. The smallest absolute Gasteiger partial charge is 0.166 e. The summed E-state index contributed by atoms with van der Waals surface area (Å²) in [6.07, 6.45) is 6.14. The molecule has 100 valence electrons. The topological polar surface area (TPSA) is 29.1 Å². The summed E-state index contributed by atoms with van der Waals surface area (Å²) >= 11 is 0. The van der Waals surface area contributed by atoms with Gasteiger partial charge in [-0.25, -0.2) is 0 Å². The van der Waals surface area contributed by atoms with Crippen molar-refractivity contribution in [3.05, 3.63) is 34.9 Å². The number of ketones is 1. The first-order chi connectivity index (χ1) is 9.33. The van der Waals surface area contributed by atoms with E-state index in [1.54, 1.807) is 0 Å². The molecule has 3 aliphatic rings. The summed E-state index contributed by atoms with van der Waals surface area (Å²) in [5, 5.41) is 3.39. The summed E-state index contributed by atoms with van der Waals surface area (Å²) in [6.45, 7) is 1.93. The van der Waals surface area contributed by atoms with Crippen LogP contribution in [0, 0.1) is 17.8 Å². The van der Waals surface area contributed by atoms with E-state index in [0.717, 1.165) is 37.4 Å². The summed E-state index contributed by atoms with van der Waals surface area (Å²) in [5.41, 5.74) is 3.70. The van der Waals surface area contributed by atoms with Crippen LogP contribution in [0.3, 0.4) is 0 Å². The fraction of sp³-hybridized carbons (Fsp3) is 0.588. The van der Waals surface area contributed by atoms with Crippen LogP contribution in [0.1, 0.15) is 47.2 Å². The third-order valence-corrected chi connectivity index (χ3v) is 5.48. The first-order valence-corrected chi connectivity index (χ1v) is 7.68. The molecule has 2 heteroatoms. The molecule has 1 aliphatic heterocycles. The van der Waals surface area contributed by atoms with Gasteiger partial charge in [-0.3, -0.25) is 4.79 Å². The molecule has 1 N–H and O–H groups in total. The molecule has 1 heterocycles. The van der Waals surface area contributed by atoms with Crippen LogP contribution < -0.4 is 5.32 Å². The Morgan fingerprint density at radius 2 is 2.16 bits per heavy atom. The van der Waals surface area contributed by atoms with Crippen molar-refractivity contribution in [2.45, 2.75) is 38.6 Å². The predicted octanol–water partition coefficient (Wildman–Crippen LogP) is 2.95. The molecule has 1 aromatic carbocycles. The van der Waals surface area contributed by atoms with Crippen LogP contribution in [0.5, 0.6) is 0 Å². The normalized spacial score (nSPS) is 32.3. The van der Waals surface area contributed by atoms with Crippen LogP contribution in [0.4, 0.5) is 0 Å². The molecular weight excluding hydrogens is 234 g/mol. The number of benzene rings is 1. The van der Waals surface area contributed by atoms with Crippen molar-refractivity contribution < 1.29 is 4.79 Å². The van der Waals surface area contributed by atoms with Gasteiger partial charge in [0.2, 0.25) is 0 Å². The lowest BCUT2D eigenvalue weighted by Gasteiger charge is -2.24. The van der Waals surface area contributed by atoms with Crippen LogP contribution >= 0.6 is 0 Å². The zero-order valence-electron chi connectivity index (χ0n) is 11.3. The van der Waals surface area contributed by atoms with Gasteiger partial charge in [-0.1, -0.05) is 24.6 Å². The fourth-order valence-electron chi connectivity index (χ4n) is 4.53. The quantitative estimate of drug-likeness (QED) is 0.823. The van der Waals surface area contributed by atoms with E-state index in [-0.39, 0.29) is 0 Å². The molecule has 19 heavy (non-hydrogen) atoms. The zero-order chi connectivity index (χ0) is 12.8. The number of rotatable bonds is 2.